The zero-order valence-corrected chi connectivity index (χ0v) is 11.5. The van der Waals surface area contributed by atoms with Gasteiger partial charge in [-0.25, -0.2) is 16.8 Å². The van der Waals surface area contributed by atoms with E-state index in [4.69, 9.17) is 0 Å². The third-order valence-corrected chi connectivity index (χ3v) is 6.45. The minimum absolute atomic E-state index is 0.0713. The second kappa shape index (κ2) is 4.54. The van der Waals surface area contributed by atoms with Crippen molar-refractivity contribution in [2.45, 2.75) is 25.0 Å². The smallest absolute Gasteiger partial charge is 0.236 e. The predicted molar refractivity (Wildman–Crippen MR) is 67.5 cm³/mol. The van der Waals surface area contributed by atoms with Gasteiger partial charge < -0.3 is 0 Å². The highest BCUT2D eigenvalue weighted by atomic mass is 32.2. The Labute approximate surface area is 106 Å². The molecule has 0 bridgehead atoms. The molecule has 0 radical (unpaired) electrons. The Morgan fingerprint density at radius 1 is 1.39 bits per heavy atom. The van der Waals surface area contributed by atoms with Crippen molar-refractivity contribution in [1.29, 1.82) is 0 Å². The van der Waals surface area contributed by atoms with E-state index in [9.17, 15) is 16.8 Å². The van der Waals surface area contributed by atoms with Crippen molar-refractivity contribution < 1.29 is 16.8 Å². The maximum Gasteiger partial charge on any atom is 0.236 e. The number of nitrogens with one attached hydrogen (secondary N) is 2. The fraction of sp³-hybridized carbons (Fsp3) is 0.667. The van der Waals surface area contributed by atoms with Crippen LogP contribution in [-0.4, -0.2) is 43.8 Å². The number of aromatic amines is 1. The molecule has 1 saturated heterocycles. The molecule has 1 aromatic rings. The quantitative estimate of drug-likeness (QED) is 0.817. The molecule has 2 heterocycles. The largest absolute Gasteiger partial charge is 0.281 e. The van der Waals surface area contributed by atoms with Crippen molar-refractivity contribution in [2.24, 2.45) is 0 Å². The summed E-state index contributed by atoms with van der Waals surface area (Å²) < 4.78 is 48.9. The minimum Gasteiger partial charge on any atom is -0.281 e. The number of hydrogen-bond donors (Lipinski definition) is 2. The van der Waals surface area contributed by atoms with Crippen molar-refractivity contribution >= 4 is 25.7 Å². The molecule has 0 aromatic carbocycles. The zero-order chi connectivity index (χ0) is 13.4. The summed E-state index contributed by atoms with van der Waals surface area (Å²) in [6.45, 7) is 1.76. The molecule has 18 heavy (non-hydrogen) atoms. The van der Waals surface area contributed by atoms with Gasteiger partial charge in [0, 0.05) is 11.8 Å². The molecule has 9 heteroatoms. The molecule has 0 saturated carbocycles. The van der Waals surface area contributed by atoms with Crippen LogP contribution in [0.15, 0.2) is 6.07 Å². The lowest BCUT2D eigenvalue weighted by Crippen LogP contribution is -2.36. The molecule has 1 aliphatic heterocycles. The maximum atomic E-state index is 12.0. The van der Waals surface area contributed by atoms with E-state index < -0.39 is 25.1 Å². The van der Waals surface area contributed by atoms with Crippen LogP contribution in [0.25, 0.3) is 0 Å². The number of aryl methyl sites for hydroxylation is 1. The lowest BCUT2D eigenvalue weighted by molar-refractivity contribution is 0.555. The van der Waals surface area contributed by atoms with Gasteiger partial charge in [0.25, 0.3) is 0 Å². The number of rotatable bonds is 3. The Balaban J connectivity index is 2.08. The van der Waals surface area contributed by atoms with Crippen molar-refractivity contribution in [3.63, 3.8) is 0 Å². The number of nitrogens with zero attached hydrogens (tertiary/aromatic N) is 1. The highest BCUT2D eigenvalue weighted by Gasteiger charge is 2.33. The fourth-order valence-electron chi connectivity index (χ4n) is 1.88. The molecule has 0 aliphatic carbocycles. The second-order valence-corrected chi connectivity index (χ2v) is 8.70. The van der Waals surface area contributed by atoms with Crippen LogP contribution in [0.4, 0.5) is 5.82 Å². The van der Waals surface area contributed by atoms with Gasteiger partial charge in [-0.1, -0.05) is 0 Å². The van der Waals surface area contributed by atoms with Crippen LogP contribution in [0.5, 0.6) is 0 Å². The molecule has 102 valence electrons. The normalized spacial score (nSPS) is 20.7. The van der Waals surface area contributed by atoms with Crippen LogP contribution >= 0.6 is 0 Å². The molecule has 0 amide bonds. The summed E-state index contributed by atoms with van der Waals surface area (Å²) in [6.07, 6.45) is 0.280. The Morgan fingerprint density at radius 2 is 2.00 bits per heavy atom. The van der Waals surface area contributed by atoms with E-state index in [0.717, 1.165) is 5.69 Å². The van der Waals surface area contributed by atoms with Crippen molar-refractivity contribution in [2.75, 3.05) is 16.2 Å². The average molecular weight is 293 g/mol. The highest BCUT2D eigenvalue weighted by molar-refractivity contribution is 7.94. The van der Waals surface area contributed by atoms with E-state index in [0.29, 0.717) is 0 Å². The Kier molecular flexibility index (Phi) is 3.37. The fourth-order valence-corrected chi connectivity index (χ4v) is 5.09. The number of hydrogen-bond acceptors (Lipinski definition) is 5. The SMILES string of the molecule is Cc1cc(NS(=O)(=O)C2CCS(=O)(=O)CC2)n[nH]1. The maximum absolute atomic E-state index is 12.0. The van der Waals surface area contributed by atoms with Gasteiger partial charge in [-0.2, -0.15) is 5.10 Å². The molecule has 1 aromatic heterocycles. The van der Waals surface area contributed by atoms with E-state index in [-0.39, 0.29) is 30.2 Å². The summed E-state index contributed by atoms with van der Waals surface area (Å²) in [7, 11) is -6.63. The Morgan fingerprint density at radius 3 is 2.50 bits per heavy atom. The third-order valence-electron chi connectivity index (χ3n) is 2.89. The molecule has 1 fully saturated rings. The first kappa shape index (κ1) is 13.3. The van der Waals surface area contributed by atoms with E-state index >= 15 is 0 Å². The van der Waals surface area contributed by atoms with E-state index in [1.807, 2.05) is 0 Å². The van der Waals surface area contributed by atoms with Gasteiger partial charge in [0.15, 0.2) is 5.82 Å². The summed E-state index contributed by atoms with van der Waals surface area (Å²) in [5, 5.41) is 5.76. The van der Waals surface area contributed by atoms with Crippen LogP contribution in [0.2, 0.25) is 0 Å². The van der Waals surface area contributed by atoms with Crippen molar-refractivity contribution in [1.82, 2.24) is 10.2 Å². The van der Waals surface area contributed by atoms with Crippen LogP contribution in [0.1, 0.15) is 18.5 Å². The number of anilines is 1. The van der Waals surface area contributed by atoms with Crippen LogP contribution in [-0.2, 0) is 19.9 Å². The van der Waals surface area contributed by atoms with E-state index in [1.165, 1.54) is 0 Å². The van der Waals surface area contributed by atoms with Gasteiger partial charge in [0.2, 0.25) is 10.0 Å². The van der Waals surface area contributed by atoms with Gasteiger partial charge >= 0.3 is 0 Å². The summed E-state index contributed by atoms with van der Waals surface area (Å²) in [5.74, 6) is 0.0945. The topological polar surface area (TPSA) is 109 Å². The van der Waals surface area contributed by atoms with Crippen LogP contribution in [0.3, 0.4) is 0 Å². The molecule has 7 nitrogen and oxygen atoms in total. The van der Waals surface area contributed by atoms with Gasteiger partial charge in [-0.15, -0.1) is 0 Å². The minimum atomic E-state index is -3.57. The van der Waals surface area contributed by atoms with Gasteiger partial charge in [0.05, 0.1) is 16.8 Å². The van der Waals surface area contributed by atoms with Gasteiger partial charge in [0.1, 0.15) is 9.84 Å². The monoisotopic (exact) mass is 293 g/mol. The summed E-state index contributed by atoms with van der Waals surface area (Å²) in [5.41, 5.74) is 0.749. The van der Waals surface area contributed by atoms with Gasteiger partial charge in [-0.3, -0.25) is 9.82 Å². The molecule has 0 unspecified atom stereocenters. The molecule has 0 atom stereocenters. The standard InChI is InChI=1S/C9H15N3O4S2/c1-7-6-9(11-10-7)12-18(15,16)8-2-4-17(13,14)5-3-8/h6,8H,2-5H2,1H3,(H2,10,11,12). The molecular weight excluding hydrogens is 278 g/mol. The first-order valence-corrected chi connectivity index (χ1v) is 8.89. The summed E-state index contributed by atoms with van der Waals surface area (Å²) in [4.78, 5) is 0. The lowest BCUT2D eigenvalue weighted by Gasteiger charge is -2.21. The lowest BCUT2D eigenvalue weighted by atomic mass is 10.2. The zero-order valence-electron chi connectivity index (χ0n) is 9.88. The van der Waals surface area contributed by atoms with E-state index in [2.05, 4.69) is 14.9 Å². The average Bonchev–Trinajstić information content (AvgIpc) is 2.62. The number of sulfone groups is 1. The third kappa shape index (κ3) is 3.02. The van der Waals surface area contributed by atoms with Crippen LogP contribution in [0, 0.1) is 6.92 Å². The summed E-state index contributed by atoms with van der Waals surface area (Å²) in [6, 6.07) is 1.58. The first-order valence-electron chi connectivity index (χ1n) is 5.52. The number of sulfonamides is 1. The molecule has 2 N–H and O–H groups in total. The predicted octanol–water partition coefficient (Wildman–Crippen LogP) is 0.0370. The Hall–Kier alpha value is -1.09. The molecular formula is C9H15N3O4S2. The molecule has 1 aliphatic rings. The number of H-pyrrole nitrogens is 1. The van der Waals surface area contributed by atoms with Gasteiger partial charge in [-0.05, 0) is 19.8 Å². The number of aromatic nitrogens is 2. The highest BCUT2D eigenvalue weighted by Crippen LogP contribution is 2.21. The van der Waals surface area contributed by atoms with E-state index in [1.54, 1.807) is 13.0 Å². The molecule has 0 spiro atoms. The molecule has 2 rings (SSSR count). The second-order valence-electron chi connectivity index (χ2n) is 4.43. The summed E-state index contributed by atoms with van der Waals surface area (Å²) >= 11 is 0. The van der Waals surface area contributed by atoms with Crippen LogP contribution < -0.4 is 4.72 Å². The Bertz CT molecular complexity index is 619. The first-order chi connectivity index (χ1) is 8.28. The van der Waals surface area contributed by atoms with Crippen molar-refractivity contribution in [3.05, 3.63) is 11.8 Å². The van der Waals surface area contributed by atoms with Crippen molar-refractivity contribution in [3.8, 4) is 0 Å².